The first-order valence-electron chi connectivity index (χ1n) is 7.58. The molecular formula is C17H23N3O. The molecule has 1 saturated carbocycles. The largest absolute Gasteiger partial charge is 0.397 e. The molecule has 1 aromatic carbocycles. The SMILES string of the molecule is CC(C)CC1(C(=O)Nc2ccc(C#N)cc2N)CCCC1. The van der Waals surface area contributed by atoms with Crippen molar-refractivity contribution in [1.82, 2.24) is 0 Å². The predicted octanol–water partition coefficient (Wildman–Crippen LogP) is 3.69. The van der Waals surface area contributed by atoms with Crippen molar-refractivity contribution < 1.29 is 4.79 Å². The zero-order chi connectivity index (χ0) is 15.5. The molecule has 4 nitrogen and oxygen atoms in total. The molecule has 0 aromatic heterocycles. The van der Waals surface area contributed by atoms with Gasteiger partial charge in [-0.25, -0.2) is 0 Å². The van der Waals surface area contributed by atoms with Crippen molar-refractivity contribution in [2.24, 2.45) is 11.3 Å². The van der Waals surface area contributed by atoms with Gasteiger partial charge in [-0.05, 0) is 43.4 Å². The molecule has 3 N–H and O–H groups in total. The summed E-state index contributed by atoms with van der Waals surface area (Å²) in [6.07, 6.45) is 5.04. The lowest BCUT2D eigenvalue weighted by atomic mass is 9.77. The zero-order valence-corrected chi connectivity index (χ0v) is 12.8. The molecule has 0 bridgehead atoms. The molecule has 2 rings (SSSR count). The second-order valence-electron chi connectivity index (χ2n) is 6.45. The minimum Gasteiger partial charge on any atom is -0.397 e. The topological polar surface area (TPSA) is 78.9 Å². The predicted molar refractivity (Wildman–Crippen MR) is 84.6 cm³/mol. The fourth-order valence-corrected chi connectivity index (χ4v) is 3.36. The highest BCUT2D eigenvalue weighted by Crippen LogP contribution is 2.44. The lowest BCUT2D eigenvalue weighted by Gasteiger charge is -2.29. The van der Waals surface area contributed by atoms with Crippen LogP contribution in [-0.4, -0.2) is 5.91 Å². The highest BCUT2D eigenvalue weighted by atomic mass is 16.2. The lowest BCUT2D eigenvalue weighted by Crippen LogP contribution is -2.35. The standard InChI is InChI=1S/C17H23N3O/c1-12(2)10-17(7-3-4-8-17)16(21)20-15-6-5-13(11-18)9-14(15)19/h5-6,9,12H,3-4,7-8,10,19H2,1-2H3,(H,20,21). The van der Waals surface area contributed by atoms with E-state index in [1.54, 1.807) is 18.2 Å². The maximum absolute atomic E-state index is 12.7. The lowest BCUT2D eigenvalue weighted by molar-refractivity contribution is -0.126. The Hall–Kier alpha value is -2.02. The van der Waals surface area contributed by atoms with E-state index in [1.807, 2.05) is 6.07 Å². The van der Waals surface area contributed by atoms with Gasteiger partial charge in [0.25, 0.3) is 0 Å². The number of nitrogens with one attached hydrogen (secondary N) is 1. The van der Waals surface area contributed by atoms with Crippen molar-refractivity contribution in [3.8, 4) is 6.07 Å². The number of carbonyl (C=O) groups excluding carboxylic acids is 1. The van der Waals surface area contributed by atoms with Gasteiger partial charge >= 0.3 is 0 Å². The number of amides is 1. The molecule has 0 saturated heterocycles. The maximum Gasteiger partial charge on any atom is 0.230 e. The van der Waals surface area contributed by atoms with Crippen LogP contribution in [0.3, 0.4) is 0 Å². The Morgan fingerprint density at radius 2 is 2.10 bits per heavy atom. The highest BCUT2D eigenvalue weighted by molar-refractivity contribution is 5.98. The molecule has 0 aliphatic heterocycles. The molecule has 1 fully saturated rings. The van der Waals surface area contributed by atoms with Gasteiger partial charge in [-0.1, -0.05) is 26.7 Å². The summed E-state index contributed by atoms with van der Waals surface area (Å²) in [6.45, 7) is 4.31. The minimum atomic E-state index is -0.255. The van der Waals surface area contributed by atoms with E-state index in [0.717, 1.165) is 32.1 Å². The molecule has 1 aliphatic carbocycles. The Morgan fingerprint density at radius 3 is 2.62 bits per heavy atom. The minimum absolute atomic E-state index is 0.0742. The highest BCUT2D eigenvalue weighted by Gasteiger charge is 2.41. The molecule has 1 aromatic rings. The van der Waals surface area contributed by atoms with Gasteiger partial charge in [0, 0.05) is 5.41 Å². The number of carbonyl (C=O) groups is 1. The van der Waals surface area contributed by atoms with Crippen molar-refractivity contribution >= 4 is 17.3 Å². The smallest absolute Gasteiger partial charge is 0.230 e. The number of nitrogens with zero attached hydrogens (tertiary/aromatic N) is 1. The van der Waals surface area contributed by atoms with Crippen molar-refractivity contribution in [2.75, 3.05) is 11.1 Å². The molecule has 1 aliphatic rings. The summed E-state index contributed by atoms with van der Waals surface area (Å²) < 4.78 is 0. The van der Waals surface area contributed by atoms with Crippen LogP contribution in [0.2, 0.25) is 0 Å². The number of hydrogen-bond acceptors (Lipinski definition) is 3. The molecule has 0 unspecified atom stereocenters. The molecular weight excluding hydrogens is 262 g/mol. The molecule has 0 radical (unpaired) electrons. The van der Waals surface area contributed by atoms with Gasteiger partial charge in [0.05, 0.1) is 23.0 Å². The first-order valence-corrected chi connectivity index (χ1v) is 7.58. The molecule has 1 amide bonds. The van der Waals surface area contributed by atoms with Crippen LogP contribution in [0.5, 0.6) is 0 Å². The summed E-state index contributed by atoms with van der Waals surface area (Å²) in [5.74, 6) is 0.567. The third kappa shape index (κ3) is 3.36. The second-order valence-corrected chi connectivity index (χ2v) is 6.45. The van der Waals surface area contributed by atoms with Crippen LogP contribution in [0, 0.1) is 22.7 Å². The van der Waals surface area contributed by atoms with Gasteiger partial charge < -0.3 is 11.1 Å². The van der Waals surface area contributed by atoms with Gasteiger partial charge in [-0.15, -0.1) is 0 Å². The van der Waals surface area contributed by atoms with Crippen LogP contribution in [-0.2, 0) is 4.79 Å². The molecule has 0 atom stereocenters. The quantitative estimate of drug-likeness (QED) is 0.828. The van der Waals surface area contributed by atoms with Gasteiger partial charge in [0.1, 0.15) is 0 Å². The van der Waals surface area contributed by atoms with Crippen LogP contribution in [0.1, 0.15) is 51.5 Å². The van der Waals surface area contributed by atoms with Crippen LogP contribution < -0.4 is 11.1 Å². The average Bonchev–Trinajstić information content (AvgIpc) is 2.89. The van der Waals surface area contributed by atoms with Crippen LogP contribution in [0.15, 0.2) is 18.2 Å². The number of nitrogens with two attached hydrogens (primary N) is 1. The average molecular weight is 285 g/mol. The number of rotatable bonds is 4. The summed E-state index contributed by atoms with van der Waals surface area (Å²) in [5, 5.41) is 11.8. The molecule has 112 valence electrons. The van der Waals surface area contributed by atoms with Crippen molar-refractivity contribution in [3.63, 3.8) is 0 Å². The van der Waals surface area contributed by atoms with Gasteiger partial charge in [-0.3, -0.25) is 4.79 Å². The van der Waals surface area contributed by atoms with E-state index in [4.69, 9.17) is 11.0 Å². The van der Waals surface area contributed by atoms with Gasteiger partial charge in [0.2, 0.25) is 5.91 Å². The fraction of sp³-hybridized carbons (Fsp3) is 0.529. The maximum atomic E-state index is 12.7. The number of nitriles is 1. The third-order valence-corrected chi connectivity index (χ3v) is 4.27. The van der Waals surface area contributed by atoms with E-state index in [9.17, 15) is 4.79 Å². The number of anilines is 2. The summed E-state index contributed by atoms with van der Waals surface area (Å²) in [7, 11) is 0. The zero-order valence-electron chi connectivity index (χ0n) is 12.8. The van der Waals surface area contributed by atoms with E-state index >= 15 is 0 Å². The van der Waals surface area contributed by atoms with E-state index < -0.39 is 0 Å². The van der Waals surface area contributed by atoms with E-state index in [1.165, 1.54) is 0 Å². The van der Waals surface area contributed by atoms with Crippen LogP contribution in [0.4, 0.5) is 11.4 Å². The molecule has 21 heavy (non-hydrogen) atoms. The first kappa shape index (κ1) is 15.4. The summed E-state index contributed by atoms with van der Waals surface area (Å²) in [4.78, 5) is 12.7. The van der Waals surface area contributed by atoms with Gasteiger partial charge in [-0.2, -0.15) is 5.26 Å². The van der Waals surface area contributed by atoms with E-state index in [0.29, 0.717) is 22.9 Å². The normalized spacial score (nSPS) is 16.7. The molecule has 0 heterocycles. The summed E-state index contributed by atoms with van der Waals surface area (Å²) >= 11 is 0. The Bertz CT molecular complexity index is 566. The monoisotopic (exact) mass is 285 g/mol. The Kier molecular flexibility index (Phi) is 4.52. The van der Waals surface area contributed by atoms with Crippen LogP contribution >= 0.6 is 0 Å². The molecule has 0 spiro atoms. The molecule has 4 heteroatoms. The van der Waals surface area contributed by atoms with Crippen molar-refractivity contribution in [1.29, 1.82) is 5.26 Å². The van der Waals surface area contributed by atoms with E-state index in [-0.39, 0.29) is 11.3 Å². The number of nitrogen functional groups attached to an aromatic ring is 1. The summed E-state index contributed by atoms with van der Waals surface area (Å²) in [5.41, 5.74) is 7.22. The van der Waals surface area contributed by atoms with E-state index in [2.05, 4.69) is 19.2 Å². The third-order valence-electron chi connectivity index (χ3n) is 4.27. The number of benzene rings is 1. The Balaban J connectivity index is 2.18. The number of hydrogen-bond donors (Lipinski definition) is 2. The Labute approximate surface area is 126 Å². The Morgan fingerprint density at radius 1 is 1.43 bits per heavy atom. The second kappa shape index (κ2) is 6.17. The first-order chi connectivity index (χ1) is 9.97. The van der Waals surface area contributed by atoms with Crippen LogP contribution in [0.25, 0.3) is 0 Å². The van der Waals surface area contributed by atoms with Crippen molar-refractivity contribution in [3.05, 3.63) is 23.8 Å². The fourth-order valence-electron chi connectivity index (χ4n) is 3.36. The van der Waals surface area contributed by atoms with Gasteiger partial charge in [0.15, 0.2) is 0 Å². The summed E-state index contributed by atoms with van der Waals surface area (Å²) in [6, 6.07) is 7.03. The van der Waals surface area contributed by atoms with Crippen molar-refractivity contribution in [2.45, 2.75) is 46.0 Å².